The van der Waals surface area contributed by atoms with Crippen molar-refractivity contribution < 1.29 is 9.53 Å². The van der Waals surface area contributed by atoms with Gasteiger partial charge in [0.05, 0.1) is 7.11 Å². The summed E-state index contributed by atoms with van der Waals surface area (Å²) in [5, 5.41) is 0. The Morgan fingerprint density at radius 1 is 1.26 bits per heavy atom. The lowest BCUT2D eigenvalue weighted by molar-refractivity contribution is -0.130. The Labute approximate surface area is 145 Å². The highest BCUT2D eigenvalue weighted by molar-refractivity contribution is 5.85. The van der Waals surface area contributed by atoms with Crippen LogP contribution >= 0.6 is 12.4 Å². The summed E-state index contributed by atoms with van der Waals surface area (Å²) in [6.45, 7) is 2.46. The Hall–Kier alpha value is -1.26. The molecule has 1 heterocycles. The first-order valence-electron chi connectivity index (χ1n) is 8.33. The summed E-state index contributed by atoms with van der Waals surface area (Å²) in [6.07, 6.45) is 6.03. The Morgan fingerprint density at radius 2 is 2.00 bits per heavy atom. The number of nitrogens with two attached hydrogens (primary N) is 1. The van der Waals surface area contributed by atoms with Gasteiger partial charge >= 0.3 is 0 Å². The molecule has 1 aromatic carbocycles. The standard InChI is InChI=1S/C18H28N2O2.ClH/c1-22-17-9-7-15(8-10-17)5-3-2-4-6-18(21)20-12-11-16(13-19)14-20;/h7-10,16H,2-6,11-14,19H2,1H3;1H. The molecule has 23 heavy (non-hydrogen) atoms. The monoisotopic (exact) mass is 340 g/mol. The Morgan fingerprint density at radius 3 is 2.61 bits per heavy atom. The molecule has 0 aromatic heterocycles. The molecule has 1 aliphatic heterocycles. The van der Waals surface area contributed by atoms with Gasteiger partial charge in [0.2, 0.25) is 5.91 Å². The highest BCUT2D eigenvalue weighted by Gasteiger charge is 2.24. The maximum atomic E-state index is 12.1. The zero-order valence-electron chi connectivity index (χ0n) is 14.0. The Kier molecular flexibility index (Phi) is 9.03. The summed E-state index contributed by atoms with van der Waals surface area (Å²) in [6, 6.07) is 8.22. The van der Waals surface area contributed by atoms with E-state index in [4.69, 9.17) is 10.5 Å². The van der Waals surface area contributed by atoms with E-state index in [1.54, 1.807) is 7.11 Å². The van der Waals surface area contributed by atoms with E-state index in [2.05, 4.69) is 12.1 Å². The Bertz CT molecular complexity index is 465. The summed E-state index contributed by atoms with van der Waals surface area (Å²) in [5.74, 6) is 1.72. The molecule has 0 aliphatic carbocycles. The number of amides is 1. The molecule has 4 nitrogen and oxygen atoms in total. The number of hydrogen-bond acceptors (Lipinski definition) is 3. The molecule has 1 aromatic rings. The van der Waals surface area contributed by atoms with Crippen molar-refractivity contribution in [1.82, 2.24) is 4.90 Å². The number of carbonyl (C=O) groups excluding carboxylic acids is 1. The van der Waals surface area contributed by atoms with Gasteiger partial charge in [0, 0.05) is 19.5 Å². The normalized spacial score (nSPS) is 17.0. The number of halogens is 1. The molecule has 1 unspecified atom stereocenters. The number of nitrogens with zero attached hydrogens (tertiary/aromatic N) is 1. The van der Waals surface area contributed by atoms with E-state index >= 15 is 0 Å². The van der Waals surface area contributed by atoms with Gasteiger partial charge in [0.1, 0.15) is 5.75 Å². The van der Waals surface area contributed by atoms with E-state index in [1.165, 1.54) is 5.56 Å². The van der Waals surface area contributed by atoms with Gasteiger partial charge in [-0.3, -0.25) is 4.79 Å². The van der Waals surface area contributed by atoms with Crippen LogP contribution in [0.25, 0.3) is 0 Å². The summed E-state index contributed by atoms with van der Waals surface area (Å²) in [7, 11) is 1.68. The summed E-state index contributed by atoms with van der Waals surface area (Å²) in [5.41, 5.74) is 6.99. The van der Waals surface area contributed by atoms with E-state index in [-0.39, 0.29) is 12.4 Å². The quantitative estimate of drug-likeness (QED) is 0.740. The van der Waals surface area contributed by atoms with E-state index in [0.717, 1.165) is 50.9 Å². The van der Waals surface area contributed by atoms with Crippen molar-refractivity contribution in [2.45, 2.75) is 38.5 Å². The van der Waals surface area contributed by atoms with Crippen molar-refractivity contribution in [2.75, 3.05) is 26.7 Å². The number of likely N-dealkylation sites (tertiary alicyclic amines) is 1. The highest BCUT2D eigenvalue weighted by Crippen LogP contribution is 2.17. The third-order valence-corrected chi connectivity index (χ3v) is 4.49. The minimum Gasteiger partial charge on any atom is -0.497 e. The van der Waals surface area contributed by atoms with Crippen molar-refractivity contribution in [1.29, 1.82) is 0 Å². The Balaban J connectivity index is 0.00000264. The second kappa shape index (κ2) is 10.5. The largest absolute Gasteiger partial charge is 0.497 e. The zero-order valence-corrected chi connectivity index (χ0v) is 14.8. The molecule has 130 valence electrons. The number of unbranched alkanes of at least 4 members (excludes halogenated alkanes) is 2. The lowest BCUT2D eigenvalue weighted by Gasteiger charge is -2.16. The number of hydrogen-bond donors (Lipinski definition) is 1. The number of ether oxygens (including phenoxy) is 1. The molecule has 2 N–H and O–H groups in total. The number of methoxy groups -OCH3 is 1. The molecule has 0 bridgehead atoms. The molecule has 2 rings (SSSR count). The predicted molar refractivity (Wildman–Crippen MR) is 96.2 cm³/mol. The van der Waals surface area contributed by atoms with Gasteiger partial charge in [-0.25, -0.2) is 0 Å². The van der Waals surface area contributed by atoms with Crippen molar-refractivity contribution >= 4 is 18.3 Å². The van der Waals surface area contributed by atoms with E-state index in [0.29, 0.717) is 24.8 Å². The number of benzene rings is 1. The van der Waals surface area contributed by atoms with E-state index in [9.17, 15) is 4.79 Å². The van der Waals surface area contributed by atoms with Crippen LogP contribution in [0.3, 0.4) is 0 Å². The van der Waals surface area contributed by atoms with Gasteiger partial charge in [0.25, 0.3) is 0 Å². The molecule has 0 spiro atoms. The first-order valence-corrected chi connectivity index (χ1v) is 8.33. The van der Waals surface area contributed by atoms with Crippen molar-refractivity contribution in [3.05, 3.63) is 29.8 Å². The van der Waals surface area contributed by atoms with Gasteiger partial charge in [0.15, 0.2) is 0 Å². The smallest absolute Gasteiger partial charge is 0.222 e. The van der Waals surface area contributed by atoms with Crippen LogP contribution < -0.4 is 10.5 Å². The fraction of sp³-hybridized carbons (Fsp3) is 0.611. The van der Waals surface area contributed by atoms with E-state index in [1.807, 2.05) is 17.0 Å². The fourth-order valence-corrected chi connectivity index (χ4v) is 2.98. The third-order valence-electron chi connectivity index (χ3n) is 4.49. The second-order valence-electron chi connectivity index (χ2n) is 6.14. The van der Waals surface area contributed by atoms with Crippen LogP contribution in [0.2, 0.25) is 0 Å². The average molecular weight is 341 g/mol. The number of aryl methyl sites for hydroxylation is 1. The molecule has 1 aliphatic rings. The molecule has 0 radical (unpaired) electrons. The maximum absolute atomic E-state index is 12.1. The van der Waals surface area contributed by atoms with Crippen molar-refractivity contribution in [3.8, 4) is 5.75 Å². The van der Waals surface area contributed by atoms with Crippen LogP contribution in [0.4, 0.5) is 0 Å². The van der Waals surface area contributed by atoms with E-state index < -0.39 is 0 Å². The first kappa shape index (κ1) is 19.8. The summed E-state index contributed by atoms with van der Waals surface area (Å²) >= 11 is 0. The molecule has 5 heteroatoms. The van der Waals surface area contributed by atoms with Gasteiger partial charge in [-0.15, -0.1) is 12.4 Å². The minimum absolute atomic E-state index is 0. The van der Waals surface area contributed by atoms with Crippen LogP contribution in [-0.2, 0) is 11.2 Å². The maximum Gasteiger partial charge on any atom is 0.222 e. The second-order valence-corrected chi connectivity index (χ2v) is 6.14. The van der Waals surface area contributed by atoms with Crippen LogP contribution in [-0.4, -0.2) is 37.6 Å². The summed E-state index contributed by atoms with van der Waals surface area (Å²) in [4.78, 5) is 14.1. The van der Waals surface area contributed by atoms with Crippen molar-refractivity contribution in [2.24, 2.45) is 11.7 Å². The van der Waals surface area contributed by atoms with Crippen LogP contribution in [0.5, 0.6) is 5.75 Å². The molecule has 1 fully saturated rings. The van der Waals surface area contributed by atoms with Gasteiger partial charge in [-0.2, -0.15) is 0 Å². The molecule has 1 atom stereocenters. The molecular formula is C18H29ClN2O2. The molecular weight excluding hydrogens is 312 g/mol. The third kappa shape index (κ3) is 6.40. The minimum atomic E-state index is 0. The lowest BCUT2D eigenvalue weighted by Crippen LogP contribution is -2.29. The average Bonchev–Trinajstić information content (AvgIpc) is 3.04. The highest BCUT2D eigenvalue weighted by atomic mass is 35.5. The first-order chi connectivity index (χ1) is 10.7. The summed E-state index contributed by atoms with van der Waals surface area (Å²) < 4.78 is 5.15. The van der Waals surface area contributed by atoms with Gasteiger partial charge in [-0.1, -0.05) is 18.6 Å². The van der Waals surface area contributed by atoms with Gasteiger partial charge in [-0.05, 0) is 55.8 Å². The zero-order chi connectivity index (χ0) is 15.8. The molecule has 0 saturated carbocycles. The van der Waals surface area contributed by atoms with Crippen LogP contribution in [0.1, 0.15) is 37.7 Å². The van der Waals surface area contributed by atoms with Crippen molar-refractivity contribution in [3.63, 3.8) is 0 Å². The lowest BCUT2D eigenvalue weighted by atomic mass is 10.1. The van der Waals surface area contributed by atoms with Crippen LogP contribution in [0, 0.1) is 5.92 Å². The van der Waals surface area contributed by atoms with Gasteiger partial charge < -0.3 is 15.4 Å². The molecule has 1 saturated heterocycles. The SMILES string of the molecule is COc1ccc(CCCCCC(=O)N2CCC(CN)C2)cc1.Cl. The molecule has 1 amide bonds. The number of rotatable bonds is 8. The van der Waals surface area contributed by atoms with Crippen LogP contribution in [0.15, 0.2) is 24.3 Å². The fourth-order valence-electron chi connectivity index (χ4n) is 2.98. The topological polar surface area (TPSA) is 55.6 Å². The predicted octanol–water partition coefficient (Wildman–Crippen LogP) is 3.03. The number of carbonyl (C=O) groups is 1.